The van der Waals surface area contributed by atoms with Gasteiger partial charge in [0.2, 0.25) is 10.0 Å². The second-order valence-corrected chi connectivity index (χ2v) is 9.73. The van der Waals surface area contributed by atoms with Crippen molar-refractivity contribution in [3.05, 3.63) is 65.7 Å². The molecule has 3 rings (SSSR count). The molecule has 1 fully saturated rings. The summed E-state index contributed by atoms with van der Waals surface area (Å²) < 4.78 is 25.6. The van der Waals surface area contributed by atoms with Crippen LogP contribution in [0, 0.1) is 0 Å². The molecule has 2 aromatic carbocycles. The van der Waals surface area contributed by atoms with Gasteiger partial charge in [0.05, 0.1) is 4.90 Å². The minimum absolute atomic E-state index is 0. The Kier molecular flexibility index (Phi) is 9.73. The Labute approximate surface area is 203 Å². The molecular weight excluding hydrogens is 525 g/mol. The number of aliphatic imine (C=N–C) groups is 1. The van der Waals surface area contributed by atoms with Crippen molar-refractivity contribution < 1.29 is 8.42 Å². The van der Waals surface area contributed by atoms with Crippen LogP contribution in [0.5, 0.6) is 0 Å². The highest BCUT2D eigenvalue weighted by molar-refractivity contribution is 14.0. The van der Waals surface area contributed by atoms with E-state index in [1.165, 1.54) is 24.0 Å². The molecule has 1 N–H and O–H groups in total. The Morgan fingerprint density at radius 2 is 1.58 bits per heavy atom. The molecule has 1 heterocycles. The first-order chi connectivity index (χ1) is 14.4. The number of sulfonamides is 1. The summed E-state index contributed by atoms with van der Waals surface area (Å²) in [5.41, 5.74) is 2.35. The molecule has 0 saturated carbocycles. The van der Waals surface area contributed by atoms with E-state index >= 15 is 0 Å². The van der Waals surface area contributed by atoms with Crippen molar-refractivity contribution in [2.24, 2.45) is 4.99 Å². The molecule has 1 aliphatic rings. The van der Waals surface area contributed by atoms with Crippen LogP contribution in [0.1, 0.15) is 11.1 Å². The molecule has 7 nitrogen and oxygen atoms in total. The maximum atomic E-state index is 12.2. The van der Waals surface area contributed by atoms with Crippen molar-refractivity contribution in [3.8, 4) is 0 Å². The van der Waals surface area contributed by atoms with Gasteiger partial charge < -0.3 is 10.2 Å². The Hall–Kier alpha value is -1.69. The lowest BCUT2D eigenvalue weighted by molar-refractivity contribution is 0.172. The first-order valence-corrected chi connectivity index (χ1v) is 11.6. The molecule has 0 bridgehead atoms. The summed E-state index contributed by atoms with van der Waals surface area (Å²) in [4.78, 5) is 9.46. The van der Waals surface area contributed by atoms with Gasteiger partial charge in [0.15, 0.2) is 5.96 Å². The van der Waals surface area contributed by atoms with Crippen molar-refractivity contribution in [1.29, 1.82) is 0 Å². The van der Waals surface area contributed by atoms with E-state index in [1.54, 1.807) is 19.2 Å². The number of nitrogens with zero attached hydrogens (tertiary/aromatic N) is 4. The zero-order chi connectivity index (χ0) is 21.6. The average Bonchev–Trinajstić information content (AvgIpc) is 2.76. The summed E-state index contributed by atoms with van der Waals surface area (Å²) in [6.07, 6.45) is 0. The molecule has 1 saturated heterocycles. The highest BCUT2D eigenvalue weighted by Crippen LogP contribution is 2.14. The SMILES string of the molecule is CN=C(NCc1ccc(S(=O)(=O)N(C)C)cc1)N1CCN(Cc2ccccc2)CC1.I. The number of hydrogen-bond acceptors (Lipinski definition) is 4. The van der Waals surface area contributed by atoms with Gasteiger partial charge in [0, 0.05) is 60.4 Å². The molecule has 0 aromatic heterocycles. The summed E-state index contributed by atoms with van der Waals surface area (Å²) in [6.45, 7) is 5.40. The average molecular weight is 558 g/mol. The monoisotopic (exact) mass is 557 g/mol. The summed E-state index contributed by atoms with van der Waals surface area (Å²) in [5.74, 6) is 0.874. The van der Waals surface area contributed by atoms with Crippen molar-refractivity contribution in [2.45, 2.75) is 18.0 Å². The number of rotatable bonds is 6. The van der Waals surface area contributed by atoms with Crippen LogP contribution in [0.2, 0.25) is 0 Å². The molecule has 31 heavy (non-hydrogen) atoms. The highest BCUT2D eigenvalue weighted by atomic mass is 127. The Balaban J connectivity index is 0.00000341. The van der Waals surface area contributed by atoms with Crippen LogP contribution in [0.25, 0.3) is 0 Å². The van der Waals surface area contributed by atoms with Crippen LogP contribution in [0.4, 0.5) is 0 Å². The number of piperazine rings is 1. The smallest absolute Gasteiger partial charge is 0.242 e. The third kappa shape index (κ3) is 6.90. The lowest BCUT2D eigenvalue weighted by Gasteiger charge is -2.36. The second kappa shape index (κ2) is 11.8. The number of nitrogens with one attached hydrogen (secondary N) is 1. The minimum atomic E-state index is -3.40. The molecule has 0 amide bonds. The fourth-order valence-electron chi connectivity index (χ4n) is 3.46. The number of hydrogen-bond donors (Lipinski definition) is 1. The van der Waals surface area contributed by atoms with Crippen LogP contribution in [-0.2, 0) is 23.1 Å². The largest absolute Gasteiger partial charge is 0.352 e. The van der Waals surface area contributed by atoms with Gasteiger partial charge >= 0.3 is 0 Å². The first kappa shape index (κ1) is 25.6. The predicted octanol–water partition coefficient (Wildman–Crippen LogP) is 2.45. The van der Waals surface area contributed by atoms with E-state index in [1.807, 2.05) is 18.2 Å². The van der Waals surface area contributed by atoms with E-state index in [9.17, 15) is 8.42 Å². The normalized spacial score (nSPS) is 15.6. The van der Waals surface area contributed by atoms with E-state index in [0.29, 0.717) is 11.4 Å². The molecule has 0 spiro atoms. The third-order valence-electron chi connectivity index (χ3n) is 5.29. The van der Waals surface area contributed by atoms with E-state index < -0.39 is 10.0 Å². The van der Waals surface area contributed by atoms with Crippen molar-refractivity contribution in [2.75, 3.05) is 47.3 Å². The molecular formula is C22H32IN5O2S. The van der Waals surface area contributed by atoms with Gasteiger partial charge in [-0.15, -0.1) is 24.0 Å². The second-order valence-electron chi connectivity index (χ2n) is 7.58. The number of halogens is 1. The van der Waals surface area contributed by atoms with Gasteiger partial charge in [-0.25, -0.2) is 12.7 Å². The van der Waals surface area contributed by atoms with Gasteiger partial charge in [0.25, 0.3) is 0 Å². The Morgan fingerprint density at radius 3 is 2.13 bits per heavy atom. The van der Waals surface area contributed by atoms with Gasteiger partial charge in [-0.1, -0.05) is 42.5 Å². The maximum absolute atomic E-state index is 12.2. The maximum Gasteiger partial charge on any atom is 0.242 e. The molecule has 9 heteroatoms. The summed E-state index contributed by atoms with van der Waals surface area (Å²) in [6, 6.07) is 17.5. The Morgan fingerprint density at radius 1 is 0.968 bits per heavy atom. The lowest BCUT2D eigenvalue weighted by Crippen LogP contribution is -2.52. The van der Waals surface area contributed by atoms with Crippen molar-refractivity contribution in [1.82, 2.24) is 19.4 Å². The van der Waals surface area contributed by atoms with Crippen LogP contribution in [-0.4, -0.2) is 75.8 Å². The fraction of sp³-hybridized carbons (Fsp3) is 0.409. The van der Waals surface area contributed by atoms with Crippen LogP contribution in [0.3, 0.4) is 0 Å². The van der Waals surface area contributed by atoms with Gasteiger partial charge in [-0.3, -0.25) is 9.89 Å². The van der Waals surface area contributed by atoms with E-state index in [-0.39, 0.29) is 24.0 Å². The first-order valence-electron chi connectivity index (χ1n) is 10.1. The summed E-state index contributed by atoms with van der Waals surface area (Å²) in [7, 11) is 1.47. The van der Waals surface area contributed by atoms with E-state index in [2.05, 4.69) is 44.4 Å². The zero-order valence-corrected chi connectivity index (χ0v) is 21.5. The van der Waals surface area contributed by atoms with Crippen molar-refractivity contribution >= 4 is 40.0 Å². The lowest BCUT2D eigenvalue weighted by atomic mass is 10.2. The van der Waals surface area contributed by atoms with Crippen LogP contribution >= 0.6 is 24.0 Å². The standard InChI is InChI=1S/C22H31N5O2S.HI/c1-23-22(24-17-19-9-11-21(12-10-19)30(28,29)25(2)3)27-15-13-26(14-16-27)18-20-7-5-4-6-8-20;/h4-12H,13-18H2,1-3H3,(H,23,24);1H. The zero-order valence-electron chi connectivity index (χ0n) is 18.4. The molecule has 0 atom stereocenters. The van der Waals surface area contributed by atoms with Crippen LogP contribution in [0.15, 0.2) is 64.5 Å². The van der Waals surface area contributed by atoms with Gasteiger partial charge in [-0.2, -0.15) is 0 Å². The predicted molar refractivity (Wildman–Crippen MR) is 136 cm³/mol. The quantitative estimate of drug-likeness (QED) is 0.336. The molecule has 1 aliphatic heterocycles. The number of benzene rings is 2. The molecule has 0 unspecified atom stereocenters. The minimum Gasteiger partial charge on any atom is -0.352 e. The van der Waals surface area contributed by atoms with Crippen molar-refractivity contribution in [3.63, 3.8) is 0 Å². The van der Waals surface area contributed by atoms with Gasteiger partial charge in [-0.05, 0) is 23.3 Å². The number of guanidine groups is 1. The molecule has 0 aliphatic carbocycles. The summed E-state index contributed by atoms with van der Waals surface area (Å²) in [5, 5.41) is 3.40. The highest BCUT2D eigenvalue weighted by Gasteiger charge is 2.20. The van der Waals surface area contributed by atoms with Gasteiger partial charge in [0.1, 0.15) is 0 Å². The van der Waals surface area contributed by atoms with Crippen LogP contribution < -0.4 is 5.32 Å². The molecule has 2 aromatic rings. The Bertz CT molecular complexity index is 942. The summed E-state index contributed by atoms with van der Waals surface area (Å²) >= 11 is 0. The fourth-order valence-corrected chi connectivity index (χ4v) is 4.36. The molecule has 0 radical (unpaired) electrons. The third-order valence-corrected chi connectivity index (χ3v) is 7.11. The molecule has 170 valence electrons. The van der Waals surface area contributed by atoms with E-state index in [0.717, 1.165) is 44.2 Å². The van der Waals surface area contributed by atoms with E-state index in [4.69, 9.17) is 0 Å². The topological polar surface area (TPSA) is 68.2 Å².